The molecule has 0 bridgehead atoms. The molecule has 1 aliphatic heterocycles. The predicted molar refractivity (Wildman–Crippen MR) is 69.3 cm³/mol. The van der Waals surface area contributed by atoms with Gasteiger partial charge in [-0.05, 0) is 51.5 Å². The Balaban J connectivity index is 0.00000144. The maximum atomic E-state index is 11.8. The van der Waals surface area contributed by atoms with Crippen molar-refractivity contribution in [2.75, 3.05) is 19.6 Å². The number of amides is 1. The molecule has 2 aliphatic rings. The number of fused-ring (bicyclic) bond motifs is 1. The van der Waals surface area contributed by atoms with Gasteiger partial charge in [0.2, 0.25) is 0 Å². The van der Waals surface area contributed by atoms with Crippen LogP contribution in [0, 0.1) is 11.3 Å². The molecular formula is C12H23ClN2O2. The van der Waals surface area contributed by atoms with Crippen LogP contribution in [0.2, 0.25) is 0 Å². The van der Waals surface area contributed by atoms with Gasteiger partial charge in [-0.1, -0.05) is 0 Å². The van der Waals surface area contributed by atoms with E-state index < -0.39 is 5.60 Å². The lowest BCUT2D eigenvalue weighted by molar-refractivity contribution is 0.0180. The highest BCUT2D eigenvalue weighted by molar-refractivity contribution is 5.85. The van der Waals surface area contributed by atoms with Crippen molar-refractivity contribution in [1.29, 1.82) is 0 Å². The summed E-state index contributed by atoms with van der Waals surface area (Å²) in [6.45, 7) is 8.08. The number of carbonyl (C=O) groups excluding carboxylic acids is 1. The third kappa shape index (κ3) is 3.05. The largest absolute Gasteiger partial charge is 0.444 e. The van der Waals surface area contributed by atoms with Crippen LogP contribution in [0.4, 0.5) is 4.79 Å². The van der Waals surface area contributed by atoms with Crippen LogP contribution in [-0.2, 0) is 4.74 Å². The van der Waals surface area contributed by atoms with Crippen molar-refractivity contribution in [2.24, 2.45) is 17.1 Å². The van der Waals surface area contributed by atoms with Crippen LogP contribution in [0.5, 0.6) is 0 Å². The maximum Gasteiger partial charge on any atom is 0.410 e. The van der Waals surface area contributed by atoms with E-state index in [1.54, 1.807) is 0 Å². The minimum Gasteiger partial charge on any atom is -0.444 e. The molecule has 2 unspecified atom stereocenters. The van der Waals surface area contributed by atoms with Gasteiger partial charge in [0.05, 0.1) is 0 Å². The molecule has 17 heavy (non-hydrogen) atoms. The molecule has 0 radical (unpaired) electrons. The van der Waals surface area contributed by atoms with Gasteiger partial charge in [0.15, 0.2) is 0 Å². The van der Waals surface area contributed by atoms with E-state index in [-0.39, 0.29) is 18.5 Å². The number of rotatable bonds is 1. The van der Waals surface area contributed by atoms with E-state index >= 15 is 0 Å². The van der Waals surface area contributed by atoms with E-state index in [9.17, 15) is 4.79 Å². The van der Waals surface area contributed by atoms with Gasteiger partial charge in [-0.3, -0.25) is 0 Å². The molecule has 4 nitrogen and oxygen atoms in total. The number of hydrogen-bond donors (Lipinski definition) is 1. The summed E-state index contributed by atoms with van der Waals surface area (Å²) in [5.41, 5.74) is 5.73. The normalized spacial score (nSPS) is 31.3. The van der Waals surface area contributed by atoms with Gasteiger partial charge in [0.1, 0.15) is 5.60 Å². The Bertz CT molecular complexity index is 303. The summed E-state index contributed by atoms with van der Waals surface area (Å²) >= 11 is 0. The number of halogens is 1. The minimum absolute atomic E-state index is 0. The number of hydrogen-bond acceptors (Lipinski definition) is 3. The number of ether oxygens (including phenoxy) is 1. The number of piperidine rings is 1. The Labute approximate surface area is 109 Å². The third-order valence-corrected chi connectivity index (χ3v) is 3.74. The first kappa shape index (κ1) is 14.6. The number of nitrogens with zero attached hydrogens (tertiary/aromatic N) is 1. The fourth-order valence-corrected chi connectivity index (χ4v) is 2.56. The lowest BCUT2D eigenvalue weighted by Crippen LogP contribution is -2.43. The zero-order valence-corrected chi connectivity index (χ0v) is 11.7. The molecule has 0 aromatic carbocycles. The summed E-state index contributed by atoms with van der Waals surface area (Å²) in [6.07, 6.45) is 2.04. The monoisotopic (exact) mass is 262 g/mol. The average molecular weight is 263 g/mol. The molecule has 1 heterocycles. The molecule has 2 fully saturated rings. The van der Waals surface area contributed by atoms with Gasteiger partial charge in [0, 0.05) is 13.1 Å². The standard InChI is InChI=1S/C12H22N2O2.ClH/c1-11(2,3)16-10(15)14-5-4-12(8-13)6-9(12)7-14;/h9H,4-8,13H2,1-3H3;1H. The van der Waals surface area contributed by atoms with Gasteiger partial charge in [-0.15, -0.1) is 12.4 Å². The summed E-state index contributed by atoms with van der Waals surface area (Å²) in [4.78, 5) is 13.7. The first-order chi connectivity index (χ1) is 7.36. The van der Waals surface area contributed by atoms with E-state index in [0.717, 1.165) is 26.1 Å². The number of carbonyl (C=O) groups is 1. The number of nitrogens with two attached hydrogens (primary N) is 1. The summed E-state index contributed by atoms with van der Waals surface area (Å²) in [5, 5.41) is 0. The maximum absolute atomic E-state index is 11.8. The summed E-state index contributed by atoms with van der Waals surface area (Å²) in [7, 11) is 0. The van der Waals surface area contributed by atoms with E-state index in [1.165, 1.54) is 6.42 Å². The molecule has 2 atom stereocenters. The van der Waals surface area contributed by atoms with Crippen LogP contribution < -0.4 is 5.73 Å². The van der Waals surface area contributed by atoms with Crippen LogP contribution >= 0.6 is 12.4 Å². The molecule has 0 aromatic rings. The van der Waals surface area contributed by atoms with Crippen molar-refractivity contribution in [3.8, 4) is 0 Å². The zero-order chi connectivity index (χ0) is 12.0. The second-order valence-electron chi connectivity index (χ2n) is 6.14. The van der Waals surface area contributed by atoms with Crippen molar-refractivity contribution < 1.29 is 9.53 Å². The smallest absolute Gasteiger partial charge is 0.410 e. The molecule has 1 saturated carbocycles. The lowest BCUT2D eigenvalue weighted by Gasteiger charge is -2.32. The second kappa shape index (κ2) is 4.65. The Morgan fingerprint density at radius 3 is 2.65 bits per heavy atom. The van der Waals surface area contributed by atoms with Gasteiger partial charge in [0.25, 0.3) is 0 Å². The first-order valence-electron chi connectivity index (χ1n) is 6.04. The second-order valence-corrected chi connectivity index (χ2v) is 6.14. The Kier molecular flexibility index (Phi) is 3.99. The number of likely N-dealkylation sites (tertiary alicyclic amines) is 1. The average Bonchev–Trinajstić information content (AvgIpc) is 2.88. The van der Waals surface area contributed by atoms with Crippen LogP contribution in [0.1, 0.15) is 33.6 Å². The molecule has 1 aliphatic carbocycles. The molecule has 0 aromatic heterocycles. The molecular weight excluding hydrogens is 240 g/mol. The fourth-order valence-electron chi connectivity index (χ4n) is 2.56. The van der Waals surface area contributed by atoms with Crippen molar-refractivity contribution in [1.82, 2.24) is 4.90 Å². The van der Waals surface area contributed by atoms with Gasteiger partial charge >= 0.3 is 6.09 Å². The molecule has 5 heteroatoms. The van der Waals surface area contributed by atoms with Crippen LogP contribution in [0.25, 0.3) is 0 Å². The quantitative estimate of drug-likeness (QED) is 0.787. The molecule has 1 amide bonds. The van der Waals surface area contributed by atoms with E-state index in [2.05, 4.69) is 0 Å². The molecule has 1 saturated heterocycles. The van der Waals surface area contributed by atoms with Gasteiger partial charge in [-0.2, -0.15) is 0 Å². The Morgan fingerprint density at radius 1 is 1.53 bits per heavy atom. The van der Waals surface area contributed by atoms with Crippen molar-refractivity contribution >= 4 is 18.5 Å². The zero-order valence-electron chi connectivity index (χ0n) is 10.9. The molecule has 2 rings (SSSR count). The topological polar surface area (TPSA) is 55.6 Å². The van der Waals surface area contributed by atoms with E-state index in [4.69, 9.17) is 10.5 Å². The Morgan fingerprint density at radius 2 is 2.18 bits per heavy atom. The van der Waals surface area contributed by atoms with E-state index in [0.29, 0.717) is 11.3 Å². The van der Waals surface area contributed by atoms with E-state index in [1.807, 2.05) is 25.7 Å². The highest BCUT2D eigenvalue weighted by atomic mass is 35.5. The Hall–Kier alpha value is -0.480. The highest BCUT2D eigenvalue weighted by Crippen LogP contribution is 2.57. The molecule has 0 spiro atoms. The van der Waals surface area contributed by atoms with Crippen LogP contribution in [0.3, 0.4) is 0 Å². The van der Waals surface area contributed by atoms with Crippen molar-refractivity contribution in [3.63, 3.8) is 0 Å². The van der Waals surface area contributed by atoms with Crippen LogP contribution in [0.15, 0.2) is 0 Å². The lowest BCUT2D eigenvalue weighted by atomic mass is 9.96. The summed E-state index contributed by atoms with van der Waals surface area (Å²) in [6, 6.07) is 0. The third-order valence-electron chi connectivity index (χ3n) is 3.74. The van der Waals surface area contributed by atoms with Crippen LogP contribution in [-0.4, -0.2) is 36.2 Å². The first-order valence-corrected chi connectivity index (χ1v) is 6.04. The minimum atomic E-state index is -0.400. The highest BCUT2D eigenvalue weighted by Gasteiger charge is 2.56. The SMILES string of the molecule is CC(C)(C)OC(=O)N1CCC2(CN)CC2C1.Cl. The molecule has 2 N–H and O–H groups in total. The molecule has 100 valence electrons. The fraction of sp³-hybridized carbons (Fsp3) is 0.917. The van der Waals surface area contributed by atoms with Gasteiger partial charge in [-0.25, -0.2) is 4.79 Å². The predicted octanol–water partition coefficient (Wildman–Crippen LogP) is 2.01. The van der Waals surface area contributed by atoms with Gasteiger partial charge < -0.3 is 15.4 Å². The van der Waals surface area contributed by atoms with Crippen molar-refractivity contribution in [3.05, 3.63) is 0 Å². The van der Waals surface area contributed by atoms with Crippen molar-refractivity contribution in [2.45, 2.75) is 39.2 Å². The summed E-state index contributed by atoms with van der Waals surface area (Å²) in [5.74, 6) is 0.610. The summed E-state index contributed by atoms with van der Waals surface area (Å²) < 4.78 is 5.37.